The number of hydrogen-bond donors (Lipinski definition) is 7. The number of aliphatic hydroxyl groups excluding tert-OH is 7. The summed E-state index contributed by atoms with van der Waals surface area (Å²) in [5, 5.41) is 56.9. The Balaban J connectivity index is -0.000000215. The van der Waals surface area contributed by atoms with Crippen molar-refractivity contribution in [3.63, 3.8) is 0 Å². The molecule has 0 atom stereocenters. The van der Waals surface area contributed by atoms with Crippen molar-refractivity contribution in [2.75, 3.05) is 119 Å². The van der Waals surface area contributed by atoms with E-state index in [4.69, 9.17) is 59.4 Å². The first-order valence-electron chi connectivity index (χ1n) is 13.4. The van der Waals surface area contributed by atoms with Crippen LogP contribution in [0.1, 0.15) is 39.5 Å². The molecule has 0 aliphatic rings. The Morgan fingerprint density at radius 1 is 0.395 bits per heavy atom. The third-order valence-corrected chi connectivity index (χ3v) is 3.76. The Morgan fingerprint density at radius 2 is 0.632 bits per heavy atom. The average Bonchev–Trinajstić information content (AvgIpc) is 2.94. The molecule has 0 unspecified atom stereocenters. The Kier molecular flexibility index (Phi) is 57.9. The summed E-state index contributed by atoms with van der Waals surface area (Å²) in [5.41, 5.74) is 0. The molecule has 7 N–H and O–H groups in total. The van der Waals surface area contributed by atoms with E-state index in [0.29, 0.717) is 66.1 Å². The molecule has 0 aromatic heterocycles. The van der Waals surface area contributed by atoms with Crippen molar-refractivity contribution in [3.8, 4) is 0 Å². The van der Waals surface area contributed by atoms with E-state index in [1.54, 1.807) is 0 Å². The second-order valence-electron chi connectivity index (χ2n) is 7.29. The van der Waals surface area contributed by atoms with Crippen molar-refractivity contribution in [2.24, 2.45) is 0 Å². The Morgan fingerprint density at radius 3 is 0.842 bits per heavy atom. The van der Waals surface area contributed by atoms with Gasteiger partial charge in [0.15, 0.2) is 0 Å². The molecule has 0 bridgehead atoms. The molecule has 0 heterocycles. The molecule has 0 fully saturated rings. The lowest BCUT2D eigenvalue weighted by Gasteiger charge is -2.05. The van der Waals surface area contributed by atoms with Crippen molar-refractivity contribution >= 4 is 0 Å². The van der Waals surface area contributed by atoms with E-state index in [1.807, 2.05) is 0 Å². The summed E-state index contributed by atoms with van der Waals surface area (Å²) in [6, 6.07) is 0. The molecule has 13 nitrogen and oxygen atoms in total. The van der Waals surface area contributed by atoms with E-state index in [9.17, 15) is 0 Å². The lowest BCUT2D eigenvalue weighted by Crippen LogP contribution is -2.15. The zero-order valence-electron chi connectivity index (χ0n) is 23.7. The van der Waals surface area contributed by atoms with Crippen LogP contribution in [0, 0.1) is 0 Å². The number of hydrogen-bond acceptors (Lipinski definition) is 13. The van der Waals surface area contributed by atoms with Crippen LogP contribution in [0.3, 0.4) is 0 Å². The predicted molar refractivity (Wildman–Crippen MR) is 143 cm³/mol. The van der Waals surface area contributed by atoms with Crippen LogP contribution in [-0.4, -0.2) is 161 Å². The topological polar surface area (TPSA) is 197 Å². The van der Waals surface area contributed by atoms with Gasteiger partial charge in [0.2, 0.25) is 0 Å². The summed E-state index contributed by atoms with van der Waals surface area (Å²) >= 11 is 0. The predicted octanol–water partition coefficient (Wildman–Crippen LogP) is -1.04. The zero-order chi connectivity index (χ0) is 29.4. The minimum absolute atomic E-state index is 0.0278. The van der Waals surface area contributed by atoms with Gasteiger partial charge in [0, 0.05) is 13.2 Å². The fourth-order valence-electron chi connectivity index (χ4n) is 1.77. The molecule has 0 aromatic carbocycles. The lowest BCUT2D eigenvalue weighted by atomic mass is 10.4. The van der Waals surface area contributed by atoms with E-state index in [0.717, 1.165) is 38.9 Å². The highest BCUT2D eigenvalue weighted by Crippen LogP contribution is 1.88. The molecule has 13 heteroatoms. The van der Waals surface area contributed by atoms with E-state index >= 15 is 0 Å². The summed E-state index contributed by atoms with van der Waals surface area (Å²) in [6.45, 7) is 10.4. The molecule has 0 aliphatic carbocycles. The first-order chi connectivity index (χ1) is 18.6. The maximum atomic E-state index is 8.40. The van der Waals surface area contributed by atoms with Crippen molar-refractivity contribution in [1.29, 1.82) is 0 Å². The third kappa shape index (κ3) is 60.2. The molecule has 0 aliphatic heterocycles. The lowest BCUT2D eigenvalue weighted by molar-refractivity contribution is 0.00735. The van der Waals surface area contributed by atoms with Gasteiger partial charge in [-0.3, -0.25) is 0 Å². The highest BCUT2D eigenvalue weighted by atomic mass is 16.5. The number of aliphatic hydroxyl groups is 7. The summed E-state index contributed by atoms with van der Waals surface area (Å²) in [6.07, 6.45) is 3.59. The van der Waals surface area contributed by atoms with Gasteiger partial charge in [-0.25, -0.2) is 0 Å². The summed E-state index contributed by atoms with van der Waals surface area (Å²) < 4.78 is 30.4. The van der Waals surface area contributed by atoms with Crippen molar-refractivity contribution in [1.82, 2.24) is 0 Å². The standard InChI is InChI=1S/C10H22O4.C8H18O3.C4H10O3.C3H8O3/c1-2-3-5-12-7-9-14-10-8-13-6-4-11;1-2-3-5-10-7-8-11-6-4-9;5-1-3-7-4-2-6;4-1-3(6)2-5/h11H,2-10H2,1H3;9H,2-8H2,1H3;5-6H,1-4H2;3-6H,1-2H2. The van der Waals surface area contributed by atoms with Crippen molar-refractivity contribution in [2.45, 2.75) is 45.6 Å². The van der Waals surface area contributed by atoms with E-state index < -0.39 is 6.10 Å². The van der Waals surface area contributed by atoms with Crippen LogP contribution in [0.2, 0.25) is 0 Å². The van der Waals surface area contributed by atoms with Gasteiger partial charge in [-0.05, 0) is 12.8 Å². The van der Waals surface area contributed by atoms with Crippen LogP contribution >= 0.6 is 0 Å². The molecule has 0 saturated heterocycles. The minimum atomic E-state index is -0.954. The molecular formula is C25H58O13. The highest BCUT2D eigenvalue weighted by Gasteiger charge is 1.94. The molecular weight excluding hydrogens is 508 g/mol. The largest absolute Gasteiger partial charge is 0.394 e. The van der Waals surface area contributed by atoms with E-state index in [-0.39, 0.29) is 39.6 Å². The second-order valence-corrected chi connectivity index (χ2v) is 7.29. The molecule has 0 radical (unpaired) electrons. The van der Waals surface area contributed by atoms with E-state index in [1.165, 1.54) is 0 Å². The van der Waals surface area contributed by atoms with Gasteiger partial charge in [-0.1, -0.05) is 26.7 Å². The van der Waals surface area contributed by atoms with Crippen LogP contribution in [-0.2, 0) is 28.4 Å². The van der Waals surface area contributed by atoms with Gasteiger partial charge in [0.25, 0.3) is 0 Å². The molecule has 38 heavy (non-hydrogen) atoms. The molecule has 0 rings (SSSR count). The fourth-order valence-corrected chi connectivity index (χ4v) is 1.77. The summed E-state index contributed by atoms with van der Waals surface area (Å²) in [7, 11) is 0. The zero-order valence-corrected chi connectivity index (χ0v) is 23.7. The van der Waals surface area contributed by atoms with E-state index in [2.05, 4.69) is 18.6 Å². The summed E-state index contributed by atoms with van der Waals surface area (Å²) in [5.74, 6) is 0. The Hall–Kier alpha value is -0.520. The van der Waals surface area contributed by atoms with Gasteiger partial charge in [-0.15, -0.1) is 0 Å². The van der Waals surface area contributed by atoms with Crippen molar-refractivity contribution in [3.05, 3.63) is 0 Å². The smallest absolute Gasteiger partial charge is 0.100 e. The van der Waals surface area contributed by atoms with Crippen LogP contribution in [0.25, 0.3) is 0 Å². The maximum Gasteiger partial charge on any atom is 0.100 e. The Bertz CT molecular complexity index is 314. The molecule has 0 spiro atoms. The molecule has 0 saturated carbocycles. The van der Waals surface area contributed by atoms with Crippen molar-refractivity contribution < 1.29 is 64.2 Å². The Labute approximate surface area is 229 Å². The molecule has 0 aromatic rings. The molecule has 0 amide bonds. The first kappa shape index (κ1) is 44.5. The van der Waals surface area contributed by atoms with Gasteiger partial charge < -0.3 is 64.2 Å². The number of rotatable bonds is 25. The van der Waals surface area contributed by atoms with Crippen LogP contribution in [0.5, 0.6) is 0 Å². The van der Waals surface area contributed by atoms with Gasteiger partial charge in [0.05, 0.1) is 106 Å². The third-order valence-electron chi connectivity index (χ3n) is 3.76. The SMILES string of the molecule is CCCCOCCOCCO.CCCCOCCOCCOCCO.OCC(O)CO.OCCOCCO. The number of ether oxygens (including phenoxy) is 6. The molecule has 236 valence electrons. The quantitative estimate of drug-likeness (QED) is 0.0662. The summed E-state index contributed by atoms with van der Waals surface area (Å²) in [4.78, 5) is 0. The average molecular weight is 567 g/mol. The number of unbranched alkanes of at least 4 members (excludes halogenated alkanes) is 2. The fraction of sp³-hybridized carbons (Fsp3) is 1.00. The second kappa shape index (κ2) is 49.4. The van der Waals surface area contributed by atoms with Crippen LogP contribution in [0.15, 0.2) is 0 Å². The van der Waals surface area contributed by atoms with Crippen LogP contribution < -0.4 is 0 Å². The van der Waals surface area contributed by atoms with Gasteiger partial charge in [0.1, 0.15) is 6.10 Å². The highest BCUT2D eigenvalue weighted by molar-refractivity contribution is 4.44. The maximum absolute atomic E-state index is 8.40. The van der Waals surface area contributed by atoms with Crippen LogP contribution in [0.4, 0.5) is 0 Å². The normalized spacial score (nSPS) is 10.3. The first-order valence-corrected chi connectivity index (χ1v) is 13.4. The monoisotopic (exact) mass is 566 g/mol. The minimum Gasteiger partial charge on any atom is -0.394 e. The van der Waals surface area contributed by atoms with Gasteiger partial charge >= 0.3 is 0 Å². The van der Waals surface area contributed by atoms with Gasteiger partial charge in [-0.2, -0.15) is 0 Å².